The lowest BCUT2D eigenvalue weighted by molar-refractivity contribution is -0.124. The summed E-state index contributed by atoms with van der Waals surface area (Å²) < 4.78 is 12.1. The molecule has 1 rings (SSSR count). The molecule has 0 amide bonds. The standard InChI is InChI=1S/C16H32O3Si/c1-7-18-12-16(10-8-14(17)9-11-16)13-19-20(5,6)15(2,3)4/h7-13H2,1-6H3. The molecule has 0 unspecified atom stereocenters. The fraction of sp³-hybridized carbons (Fsp3) is 0.938. The van der Waals surface area contributed by atoms with E-state index in [9.17, 15) is 4.79 Å². The zero-order valence-electron chi connectivity index (χ0n) is 14.2. The molecule has 1 fully saturated rings. The Morgan fingerprint density at radius 3 is 2.15 bits per heavy atom. The van der Waals surface area contributed by atoms with E-state index in [1.54, 1.807) is 0 Å². The number of ketones is 1. The van der Waals surface area contributed by atoms with Gasteiger partial charge in [-0.15, -0.1) is 0 Å². The van der Waals surface area contributed by atoms with Crippen molar-refractivity contribution in [3.8, 4) is 0 Å². The van der Waals surface area contributed by atoms with Crippen LogP contribution in [0.15, 0.2) is 0 Å². The summed E-state index contributed by atoms with van der Waals surface area (Å²) in [6.07, 6.45) is 3.21. The van der Waals surface area contributed by atoms with Gasteiger partial charge >= 0.3 is 0 Å². The van der Waals surface area contributed by atoms with Gasteiger partial charge in [-0.25, -0.2) is 0 Å². The Bertz CT molecular complexity index is 321. The average molecular weight is 301 g/mol. The predicted octanol–water partition coefficient (Wildman–Crippen LogP) is 4.17. The van der Waals surface area contributed by atoms with Crippen LogP contribution in [0.2, 0.25) is 18.1 Å². The van der Waals surface area contributed by atoms with Crippen LogP contribution in [0.25, 0.3) is 0 Å². The lowest BCUT2D eigenvalue weighted by atomic mass is 9.75. The van der Waals surface area contributed by atoms with Gasteiger partial charge < -0.3 is 9.16 Å². The van der Waals surface area contributed by atoms with Crippen LogP contribution < -0.4 is 0 Å². The maximum Gasteiger partial charge on any atom is 0.192 e. The molecule has 0 aromatic carbocycles. The third-order valence-electron chi connectivity index (χ3n) is 5.03. The molecule has 0 spiro atoms. The van der Waals surface area contributed by atoms with E-state index in [1.807, 2.05) is 6.92 Å². The summed E-state index contributed by atoms with van der Waals surface area (Å²) in [5.74, 6) is 0.393. The summed E-state index contributed by atoms with van der Waals surface area (Å²) >= 11 is 0. The lowest BCUT2D eigenvalue weighted by Gasteiger charge is -2.42. The first-order valence-electron chi connectivity index (χ1n) is 7.85. The minimum Gasteiger partial charge on any atom is -0.416 e. The summed E-state index contributed by atoms with van der Waals surface area (Å²) in [7, 11) is -1.73. The van der Waals surface area contributed by atoms with Crippen molar-refractivity contribution in [3.63, 3.8) is 0 Å². The number of hydrogen-bond acceptors (Lipinski definition) is 3. The van der Waals surface area contributed by atoms with Crippen molar-refractivity contribution in [2.45, 2.75) is 71.5 Å². The first-order valence-corrected chi connectivity index (χ1v) is 10.8. The number of carbonyl (C=O) groups excluding carboxylic acids is 1. The maximum absolute atomic E-state index is 11.5. The van der Waals surface area contributed by atoms with Crippen LogP contribution in [0.3, 0.4) is 0 Å². The zero-order valence-corrected chi connectivity index (χ0v) is 15.2. The molecule has 20 heavy (non-hydrogen) atoms. The van der Waals surface area contributed by atoms with Gasteiger partial charge in [0.15, 0.2) is 8.32 Å². The molecule has 4 heteroatoms. The minimum atomic E-state index is -1.73. The van der Waals surface area contributed by atoms with Crippen molar-refractivity contribution in [2.75, 3.05) is 19.8 Å². The van der Waals surface area contributed by atoms with Gasteiger partial charge in [0.05, 0.1) is 6.61 Å². The Kier molecular flexibility index (Phi) is 5.99. The smallest absolute Gasteiger partial charge is 0.192 e. The largest absolute Gasteiger partial charge is 0.416 e. The maximum atomic E-state index is 11.5. The fourth-order valence-corrected chi connectivity index (χ4v) is 3.36. The van der Waals surface area contributed by atoms with Crippen molar-refractivity contribution >= 4 is 14.1 Å². The van der Waals surface area contributed by atoms with Crippen molar-refractivity contribution in [1.29, 1.82) is 0 Å². The second-order valence-electron chi connectivity index (χ2n) is 7.72. The quantitative estimate of drug-likeness (QED) is 0.690. The second kappa shape index (κ2) is 6.71. The zero-order chi connectivity index (χ0) is 15.4. The fourth-order valence-electron chi connectivity index (χ4n) is 2.26. The molecule has 0 heterocycles. The van der Waals surface area contributed by atoms with Crippen molar-refractivity contribution < 1.29 is 14.0 Å². The molecular weight excluding hydrogens is 268 g/mol. The molecule has 0 aromatic heterocycles. The molecule has 0 atom stereocenters. The Hall–Kier alpha value is -0.193. The third kappa shape index (κ3) is 4.67. The molecule has 1 aliphatic rings. The van der Waals surface area contributed by atoms with Crippen molar-refractivity contribution in [3.05, 3.63) is 0 Å². The number of hydrogen-bond donors (Lipinski definition) is 0. The SMILES string of the molecule is CCOCC1(CO[Si](C)(C)C(C)(C)C)CCC(=O)CC1. The first-order chi connectivity index (χ1) is 9.12. The van der Waals surface area contributed by atoms with E-state index in [1.165, 1.54) is 0 Å². The molecule has 0 saturated heterocycles. The van der Waals surface area contributed by atoms with Crippen molar-refractivity contribution in [1.82, 2.24) is 0 Å². The highest BCUT2D eigenvalue weighted by molar-refractivity contribution is 6.74. The van der Waals surface area contributed by atoms with Gasteiger partial charge in [0.1, 0.15) is 5.78 Å². The summed E-state index contributed by atoms with van der Waals surface area (Å²) in [5.41, 5.74) is 0.0550. The van der Waals surface area contributed by atoms with E-state index >= 15 is 0 Å². The van der Waals surface area contributed by atoms with Crippen LogP contribution in [0.1, 0.15) is 53.4 Å². The Morgan fingerprint density at radius 1 is 1.15 bits per heavy atom. The first kappa shape index (κ1) is 17.9. The molecule has 118 valence electrons. The summed E-state index contributed by atoms with van der Waals surface area (Å²) in [4.78, 5) is 11.5. The van der Waals surface area contributed by atoms with Gasteiger partial charge in [0.2, 0.25) is 0 Å². The van der Waals surface area contributed by atoms with Gasteiger partial charge in [-0.3, -0.25) is 4.79 Å². The average Bonchev–Trinajstić information content (AvgIpc) is 2.36. The van der Waals surface area contributed by atoms with Crippen LogP contribution in [-0.2, 0) is 14.0 Å². The molecular formula is C16H32O3Si. The van der Waals surface area contributed by atoms with Crippen LogP contribution in [-0.4, -0.2) is 33.9 Å². The summed E-state index contributed by atoms with van der Waals surface area (Å²) in [6, 6.07) is 0. The normalized spacial score (nSPS) is 20.2. The molecule has 3 nitrogen and oxygen atoms in total. The number of carbonyl (C=O) groups is 1. The monoisotopic (exact) mass is 300 g/mol. The van der Waals surface area contributed by atoms with Crippen LogP contribution >= 0.6 is 0 Å². The highest BCUT2D eigenvalue weighted by Gasteiger charge is 2.41. The van der Waals surface area contributed by atoms with E-state index in [2.05, 4.69) is 33.9 Å². The Morgan fingerprint density at radius 2 is 1.70 bits per heavy atom. The topological polar surface area (TPSA) is 35.5 Å². The number of Topliss-reactive ketones (excluding diaryl/α,β-unsaturated/α-hetero) is 1. The van der Waals surface area contributed by atoms with Crippen LogP contribution in [0.4, 0.5) is 0 Å². The molecule has 0 N–H and O–H groups in total. The predicted molar refractivity (Wildman–Crippen MR) is 85.6 cm³/mol. The highest BCUT2D eigenvalue weighted by Crippen LogP contribution is 2.41. The van der Waals surface area contributed by atoms with E-state index in [4.69, 9.17) is 9.16 Å². The van der Waals surface area contributed by atoms with Gasteiger partial charge in [-0.05, 0) is 37.9 Å². The lowest BCUT2D eigenvalue weighted by Crippen LogP contribution is -2.46. The second-order valence-corrected chi connectivity index (χ2v) is 12.5. The van der Waals surface area contributed by atoms with Gasteiger partial charge in [0, 0.05) is 31.5 Å². The molecule has 0 bridgehead atoms. The number of ether oxygens (including phenoxy) is 1. The van der Waals surface area contributed by atoms with E-state index in [0.29, 0.717) is 18.6 Å². The van der Waals surface area contributed by atoms with Gasteiger partial charge in [0.25, 0.3) is 0 Å². The van der Waals surface area contributed by atoms with E-state index < -0.39 is 8.32 Å². The molecule has 0 radical (unpaired) electrons. The van der Waals surface area contributed by atoms with E-state index in [-0.39, 0.29) is 10.5 Å². The Labute approximate surface area is 125 Å². The molecule has 0 aliphatic heterocycles. The summed E-state index contributed by atoms with van der Waals surface area (Å²) in [5, 5.41) is 0.226. The van der Waals surface area contributed by atoms with Crippen LogP contribution in [0, 0.1) is 5.41 Å². The van der Waals surface area contributed by atoms with Gasteiger partial charge in [-0.1, -0.05) is 20.8 Å². The summed E-state index contributed by atoms with van der Waals surface area (Å²) in [6.45, 7) is 15.6. The number of rotatable bonds is 6. The molecule has 1 aliphatic carbocycles. The van der Waals surface area contributed by atoms with E-state index in [0.717, 1.165) is 32.7 Å². The third-order valence-corrected chi connectivity index (χ3v) is 9.50. The van der Waals surface area contributed by atoms with Crippen molar-refractivity contribution in [2.24, 2.45) is 5.41 Å². The minimum absolute atomic E-state index is 0.0550. The van der Waals surface area contributed by atoms with Gasteiger partial charge in [-0.2, -0.15) is 0 Å². The molecule has 1 saturated carbocycles. The Balaban J connectivity index is 2.68. The molecule has 0 aromatic rings. The highest BCUT2D eigenvalue weighted by atomic mass is 28.4. The van der Waals surface area contributed by atoms with Crippen LogP contribution in [0.5, 0.6) is 0 Å².